The Labute approximate surface area is 118 Å². The Balaban J connectivity index is 2.41. The summed E-state index contributed by atoms with van der Waals surface area (Å²) in [5, 5.41) is 1.06. The van der Waals surface area contributed by atoms with Gasteiger partial charge >= 0.3 is 11.4 Å². The van der Waals surface area contributed by atoms with E-state index in [4.69, 9.17) is 11.6 Å². The molecule has 0 aliphatic rings. The van der Waals surface area contributed by atoms with Gasteiger partial charge in [0.1, 0.15) is 0 Å². The maximum Gasteiger partial charge on any atom is 0.351 e. The smallest absolute Gasteiger partial charge is 0.268 e. The van der Waals surface area contributed by atoms with Crippen LogP contribution in [-0.2, 0) is 6.54 Å². The van der Waals surface area contributed by atoms with Crippen molar-refractivity contribution in [3.63, 3.8) is 0 Å². The molecule has 7 heteroatoms. The molecular formula is C12H12ClN3O2S. The van der Waals surface area contributed by atoms with E-state index in [0.717, 1.165) is 11.3 Å². The highest BCUT2D eigenvalue weighted by atomic mass is 35.5. The van der Waals surface area contributed by atoms with Crippen LogP contribution in [0.2, 0.25) is 5.02 Å². The van der Waals surface area contributed by atoms with Crippen LogP contribution in [0.1, 0.15) is 12.5 Å². The summed E-state index contributed by atoms with van der Waals surface area (Å²) < 4.78 is 1.44. The van der Waals surface area contributed by atoms with Crippen molar-refractivity contribution < 1.29 is 0 Å². The highest BCUT2D eigenvalue weighted by Crippen LogP contribution is 2.14. The van der Waals surface area contributed by atoms with Crippen LogP contribution in [0, 0.1) is 0 Å². The molecule has 0 atom stereocenters. The molecule has 1 N–H and O–H groups in total. The Morgan fingerprint density at radius 3 is 2.63 bits per heavy atom. The quantitative estimate of drug-likeness (QED) is 0.873. The fourth-order valence-electron chi connectivity index (χ4n) is 1.57. The maximum atomic E-state index is 11.8. The number of rotatable bonds is 4. The van der Waals surface area contributed by atoms with Crippen molar-refractivity contribution >= 4 is 23.4 Å². The number of hydrogen-bond acceptors (Lipinski definition) is 4. The molecule has 1 heterocycles. The van der Waals surface area contributed by atoms with Crippen molar-refractivity contribution in [3.8, 4) is 0 Å². The number of nitrogens with zero attached hydrogens (tertiary/aromatic N) is 2. The largest absolute Gasteiger partial charge is 0.351 e. The summed E-state index contributed by atoms with van der Waals surface area (Å²) in [6, 6.07) is 7.18. The summed E-state index contributed by atoms with van der Waals surface area (Å²) in [5.41, 5.74) is -0.155. The topological polar surface area (TPSA) is 67.8 Å². The van der Waals surface area contributed by atoms with E-state index in [2.05, 4.69) is 9.97 Å². The number of aromatic nitrogens is 3. The number of aromatic amines is 1. The third-order valence-corrected chi connectivity index (χ3v) is 3.53. The van der Waals surface area contributed by atoms with E-state index in [1.54, 1.807) is 12.1 Å². The molecule has 100 valence electrons. The van der Waals surface area contributed by atoms with Gasteiger partial charge in [-0.15, -0.1) is 0 Å². The minimum Gasteiger partial charge on any atom is -0.268 e. The van der Waals surface area contributed by atoms with Gasteiger partial charge in [-0.2, -0.15) is 4.98 Å². The van der Waals surface area contributed by atoms with Crippen molar-refractivity contribution in [1.29, 1.82) is 0 Å². The van der Waals surface area contributed by atoms with E-state index in [9.17, 15) is 9.59 Å². The number of thioether (sulfide) groups is 1. The van der Waals surface area contributed by atoms with Crippen LogP contribution < -0.4 is 11.4 Å². The summed E-state index contributed by atoms with van der Waals surface area (Å²) in [7, 11) is 0. The molecule has 0 radical (unpaired) electrons. The van der Waals surface area contributed by atoms with Crippen LogP contribution in [0.3, 0.4) is 0 Å². The molecule has 1 aromatic carbocycles. The van der Waals surface area contributed by atoms with E-state index in [1.807, 2.05) is 19.1 Å². The molecule has 0 aliphatic carbocycles. The molecule has 0 aliphatic heterocycles. The lowest BCUT2D eigenvalue weighted by molar-refractivity contribution is 0.602. The maximum absolute atomic E-state index is 11.8. The molecule has 0 saturated carbocycles. The monoisotopic (exact) mass is 297 g/mol. The second-order valence-electron chi connectivity index (χ2n) is 3.78. The van der Waals surface area contributed by atoms with Crippen molar-refractivity contribution in [3.05, 3.63) is 55.8 Å². The lowest BCUT2D eigenvalue weighted by Gasteiger charge is -2.09. The van der Waals surface area contributed by atoms with Gasteiger partial charge in [0.15, 0.2) is 5.16 Å². The van der Waals surface area contributed by atoms with E-state index in [1.165, 1.54) is 16.3 Å². The van der Waals surface area contributed by atoms with Crippen LogP contribution in [0.4, 0.5) is 0 Å². The highest BCUT2D eigenvalue weighted by Gasteiger charge is 2.08. The first kappa shape index (κ1) is 13.9. The van der Waals surface area contributed by atoms with Gasteiger partial charge in [0.05, 0.1) is 6.54 Å². The van der Waals surface area contributed by atoms with Crippen molar-refractivity contribution in [2.24, 2.45) is 0 Å². The van der Waals surface area contributed by atoms with E-state index in [0.29, 0.717) is 16.7 Å². The summed E-state index contributed by atoms with van der Waals surface area (Å²) in [6.07, 6.45) is 0. The van der Waals surface area contributed by atoms with Gasteiger partial charge in [0.2, 0.25) is 0 Å². The van der Waals surface area contributed by atoms with Crippen LogP contribution in [0.25, 0.3) is 0 Å². The molecule has 2 rings (SSSR count). The van der Waals surface area contributed by atoms with Crippen LogP contribution >= 0.6 is 23.4 Å². The van der Waals surface area contributed by atoms with Crippen molar-refractivity contribution in [2.75, 3.05) is 5.75 Å². The molecular weight excluding hydrogens is 286 g/mol. The number of hydrogen-bond donors (Lipinski definition) is 1. The van der Waals surface area contributed by atoms with Crippen LogP contribution in [0.5, 0.6) is 0 Å². The van der Waals surface area contributed by atoms with Gasteiger partial charge in [-0.05, 0) is 23.4 Å². The third kappa shape index (κ3) is 3.48. The second kappa shape index (κ2) is 6.08. The van der Waals surface area contributed by atoms with Gasteiger partial charge in [-0.1, -0.05) is 42.4 Å². The zero-order valence-corrected chi connectivity index (χ0v) is 11.8. The molecule has 1 aromatic heterocycles. The lowest BCUT2D eigenvalue weighted by atomic mass is 10.2. The van der Waals surface area contributed by atoms with Gasteiger partial charge in [0, 0.05) is 5.02 Å². The minimum atomic E-state index is -0.617. The van der Waals surface area contributed by atoms with Crippen LogP contribution in [-0.4, -0.2) is 20.3 Å². The van der Waals surface area contributed by atoms with Gasteiger partial charge in [0.25, 0.3) is 0 Å². The van der Waals surface area contributed by atoms with E-state index >= 15 is 0 Å². The van der Waals surface area contributed by atoms with Crippen molar-refractivity contribution in [2.45, 2.75) is 18.6 Å². The van der Waals surface area contributed by atoms with E-state index in [-0.39, 0.29) is 0 Å². The average molecular weight is 298 g/mol. The second-order valence-corrected chi connectivity index (χ2v) is 5.44. The van der Waals surface area contributed by atoms with Crippen LogP contribution in [0.15, 0.2) is 39.0 Å². The first-order chi connectivity index (χ1) is 9.10. The zero-order valence-electron chi connectivity index (χ0n) is 10.2. The lowest BCUT2D eigenvalue weighted by Crippen LogP contribution is -2.33. The number of nitrogens with one attached hydrogen (secondary N) is 1. The first-order valence-corrected chi connectivity index (χ1v) is 7.05. The summed E-state index contributed by atoms with van der Waals surface area (Å²) in [4.78, 5) is 29.1. The predicted molar refractivity (Wildman–Crippen MR) is 76.1 cm³/mol. The molecule has 0 fully saturated rings. The molecule has 0 saturated heterocycles. The highest BCUT2D eigenvalue weighted by molar-refractivity contribution is 7.99. The molecule has 0 spiro atoms. The molecule has 0 bridgehead atoms. The first-order valence-electron chi connectivity index (χ1n) is 5.68. The normalized spacial score (nSPS) is 10.6. The van der Waals surface area contributed by atoms with Gasteiger partial charge in [-0.3, -0.25) is 9.55 Å². The minimum absolute atomic E-state index is 0.349. The summed E-state index contributed by atoms with van der Waals surface area (Å²) >= 11 is 7.17. The van der Waals surface area contributed by atoms with Crippen molar-refractivity contribution in [1.82, 2.24) is 14.5 Å². The molecule has 2 aromatic rings. The molecule has 5 nitrogen and oxygen atoms in total. The number of H-pyrrole nitrogens is 1. The Bertz CT molecular complexity index is 679. The van der Waals surface area contributed by atoms with Gasteiger partial charge < -0.3 is 0 Å². The third-order valence-electron chi connectivity index (χ3n) is 2.41. The fourth-order valence-corrected chi connectivity index (χ4v) is 2.41. The standard InChI is InChI=1S/C12H12ClN3O2S/c1-2-19-12-15-10(17)14-11(18)16(12)7-8-3-5-9(13)6-4-8/h3-6H,2,7H2,1H3,(H,14,17,18). The Hall–Kier alpha value is -1.53. The zero-order chi connectivity index (χ0) is 13.8. The molecule has 0 amide bonds. The van der Waals surface area contributed by atoms with Gasteiger partial charge in [-0.25, -0.2) is 9.59 Å². The Morgan fingerprint density at radius 2 is 2.00 bits per heavy atom. The number of benzene rings is 1. The SMILES string of the molecule is CCSc1nc(=O)[nH]c(=O)n1Cc1ccc(Cl)cc1. The average Bonchev–Trinajstić information content (AvgIpc) is 2.36. The summed E-state index contributed by atoms with van der Waals surface area (Å²) in [5.74, 6) is 0.733. The fraction of sp³-hybridized carbons (Fsp3) is 0.250. The number of halogens is 1. The van der Waals surface area contributed by atoms with E-state index < -0.39 is 11.4 Å². The Kier molecular flexibility index (Phi) is 4.44. The molecule has 19 heavy (non-hydrogen) atoms. The Morgan fingerprint density at radius 1 is 1.32 bits per heavy atom. The summed E-state index contributed by atoms with van der Waals surface area (Å²) in [6.45, 7) is 2.28. The predicted octanol–water partition coefficient (Wildman–Crippen LogP) is 1.75. The molecule has 0 unspecified atom stereocenters.